The molecule has 0 saturated carbocycles. The minimum absolute atomic E-state index is 0.0411. The van der Waals surface area contributed by atoms with Gasteiger partial charge < -0.3 is 4.98 Å². The van der Waals surface area contributed by atoms with Gasteiger partial charge in [0.15, 0.2) is 5.43 Å². The van der Waals surface area contributed by atoms with E-state index in [1.54, 1.807) is 23.6 Å². The summed E-state index contributed by atoms with van der Waals surface area (Å²) in [7, 11) is 0. The van der Waals surface area contributed by atoms with Crippen molar-refractivity contribution < 1.29 is 0 Å². The Morgan fingerprint density at radius 3 is 2.85 bits per heavy atom. The van der Waals surface area contributed by atoms with Gasteiger partial charge in [0.2, 0.25) is 0 Å². The Morgan fingerprint density at radius 2 is 2.23 bits per heavy atom. The molecule has 0 aromatic carbocycles. The maximum absolute atomic E-state index is 11.1. The summed E-state index contributed by atoms with van der Waals surface area (Å²) in [4.78, 5) is 15.4. The lowest BCUT2D eigenvalue weighted by molar-refractivity contribution is 1.30. The standard InChI is InChI=1S/C10H9NOS/c1-7-9(3-5-13-7)10-6-8(12)2-4-11-10/h2-6H,1H3,(H,11,12). The van der Waals surface area contributed by atoms with Crippen LogP contribution in [0.5, 0.6) is 0 Å². The fourth-order valence-corrected chi connectivity index (χ4v) is 1.98. The van der Waals surface area contributed by atoms with E-state index in [1.165, 1.54) is 10.9 Å². The number of H-pyrrole nitrogens is 1. The van der Waals surface area contributed by atoms with Crippen LogP contribution in [0.4, 0.5) is 0 Å². The molecule has 3 heteroatoms. The molecule has 2 aromatic heterocycles. The van der Waals surface area contributed by atoms with E-state index in [2.05, 4.69) is 4.98 Å². The van der Waals surface area contributed by atoms with Crippen LogP contribution < -0.4 is 5.43 Å². The highest BCUT2D eigenvalue weighted by Gasteiger charge is 2.02. The highest BCUT2D eigenvalue weighted by Crippen LogP contribution is 2.24. The molecule has 2 rings (SSSR count). The summed E-state index contributed by atoms with van der Waals surface area (Å²) < 4.78 is 0. The maximum Gasteiger partial charge on any atom is 0.182 e. The Labute approximate surface area is 79.9 Å². The fraction of sp³-hybridized carbons (Fsp3) is 0.100. The van der Waals surface area contributed by atoms with Gasteiger partial charge in [0.25, 0.3) is 0 Å². The average molecular weight is 191 g/mol. The minimum atomic E-state index is 0.0411. The molecule has 0 aliphatic heterocycles. The van der Waals surface area contributed by atoms with Crippen LogP contribution in [0.1, 0.15) is 4.88 Å². The lowest BCUT2D eigenvalue weighted by Gasteiger charge is -1.98. The van der Waals surface area contributed by atoms with Crippen molar-refractivity contribution in [2.24, 2.45) is 0 Å². The zero-order valence-electron chi connectivity index (χ0n) is 7.20. The van der Waals surface area contributed by atoms with Gasteiger partial charge in [0.1, 0.15) is 0 Å². The SMILES string of the molecule is Cc1sccc1-c1cc(=O)cc[nH]1. The molecule has 0 fully saturated rings. The number of pyridine rings is 1. The van der Waals surface area contributed by atoms with Crippen LogP contribution >= 0.6 is 11.3 Å². The molecular formula is C10H9NOS. The molecule has 0 aliphatic rings. The van der Waals surface area contributed by atoms with Crippen molar-refractivity contribution in [3.05, 3.63) is 44.9 Å². The number of rotatable bonds is 1. The molecule has 1 N–H and O–H groups in total. The van der Waals surface area contributed by atoms with Crippen LogP contribution in [0.15, 0.2) is 34.6 Å². The summed E-state index contributed by atoms with van der Waals surface area (Å²) in [6, 6.07) is 5.16. The van der Waals surface area contributed by atoms with Gasteiger partial charge >= 0.3 is 0 Å². The van der Waals surface area contributed by atoms with Gasteiger partial charge in [-0.3, -0.25) is 4.79 Å². The first-order chi connectivity index (χ1) is 6.27. The number of hydrogen-bond acceptors (Lipinski definition) is 2. The number of nitrogens with one attached hydrogen (secondary N) is 1. The third kappa shape index (κ3) is 1.55. The average Bonchev–Trinajstić information content (AvgIpc) is 2.51. The van der Waals surface area contributed by atoms with E-state index in [9.17, 15) is 4.79 Å². The monoisotopic (exact) mass is 191 g/mol. The first-order valence-corrected chi connectivity index (χ1v) is 4.88. The van der Waals surface area contributed by atoms with Gasteiger partial charge in [-0.05, 0) is 18.4 Å². The number of aromatic amines is 1. The summed E-state index contributed by atoms with van der Waals surface area (Å²) in [6.45, 7) is 2.05. The molecule has 2 nitrogen and oxygen atoms in total. The summed E-state index contributed by atoms with van der Waals surface area (Å²) in [5.41, 5.74) is 2.05. The zero-order chi connectivity index (χ0) is 9.26. The molecule has 0 spiro atoms. The van der Waals surface area contributed by atoms with E-state index in [4.69, 9.17) is 0 Å². The normalized spacial score (nSPS) is 10.2. The van der Waals surface area contributed by atoms with Crippen LogP contribution in [0.25, 0.3) is 11.3 Å². The van der Waals surface area contributed by atoms with E-state index in [-0.39, 0.29) is 5.43 Å². The predicted molar refractivity (Wildman–Crippen MR) is 55.1 cm³/mol. The summed E-state index contributed by atoms with van der Waals surface area (Å²) >= 11 is 1.68. The Morgan fingerprint density at radius 1 is 1.38 bits per heavy atom. The van der Waals surface area contributed by atoms with Gasteiger partial charge in [-0.1, -0.05) is 0 Å². The van der Waals surface area contributed by atoms with Crippen molar-refractivity contribution in [1.82, 2.24) is 4.98 Å². The Balaban J connectivity index is 2.59. The highest BCUT2D eigenvalue weighted by atomic mass is 32.1. The van der Waals surface area contributed by atoms with Crippen molar-refractivity contribution in [2.75, 3.05) is 0 Å². The Kier molecular flexibility index (Phi) is 2.02. The zero-order valence-corrected chi connectivity index (χ0v) is 8.02. The third-order valence-electron chi connectivity index (χ3n) is 1.92. The van der Waals surface area contributed by atoms with Crippen LogP contribution in [0, 0.1) is 6.92 Å². The van der Waals surface area contributed by atoms with E-state index < -0.39 is 0 Å². The lowest BCUT2D eigenvalue weighted by atomic mass is 10.2. The van der Waals surface area contributed by atoms with Crippen molar-refractivity contribution in [1.29, 1.82) is 0 Å². The van der Waals surface area contributed by atoms with Crippen molar-refractivity contribution in [2.45, 2.75) is 6.92 Å². The van der Waals surface area contributed by atoms with E-state index >= 15 is 0 Å². The molecule has 66 valence electrons. The Hall–Kier alpha value is -1.35. The van der Waals surface area contributed by atoms with Crippen LogP contribution in [0.3, 0.4) is 0 Å². The van der Waals surface area contributed by atoms with Crippen molar-refractivity contribution in [3.8, 4) is 11.3 Å². The largest absolute Gasteiger partial charge is 0.361 e. The van der Waals surface area contributed by atoms with Crippen molar-refractivity contribution >= 4 is 11.3 Å². The van der Waals surface area contributed by atoms with Crippen LogP contribution in [-0.4, -0.2) is 4.98 Å². The molecule has 0 atom stereocenters. The van der Waals surface area contributed by atoms with Gasteiger partial charge in [0, 0.05) is 28.8 Å². The molecule has 0 saturated heterocycles. The summed E-state index contributed by atoms with van der Waals surface area (Å²) in [6.07, 6.45) is 1.68. The molecule has 2 heterocycles. The summed E-state index contributed by atoms with van der Waals surface area (Å²) in [5, 5.41) is 2.02. The smallest absolute Gasteiger partial charge is 0.182 e. The molecular weight excluding hydrogens is 182 g/mol. The number of aromatic nitrogens is 1. The first kappa shape index (κ1) is 8.26. The molecule has 0 unspecified atom stereocenters. The van der Waals surface area contributed by atoms with E-state index in [1.807, 2.05) is 18.4 Å². The second kappa shape index (κ2) is 3.18. The van der Waals surface area contributed by atoms with Gasteiger partial charge in [-0.2, -0.15) is 0 Å². The van der Waals surface area contributed by atoms with E-state index in [0.29, 0.717) is 0 Å². The second-order valence-electron chi connectivity index (χ2n) is 2.83. The molecule has 0 amide bonds. The van der Waals surface area contributed by atoms with Crippen LogP contribution in [0.2, 0.25) is 0 Å². The van der Waals surface area contributed by atoms with Gasteiger partial charge in [-0.15, -0.1) is 11.3 Å². The predicted octanol–water partition coefficient (Wildman–Crippen LogP) is 2.41. The van der Waals surface area contributed by atoms with Crippen molar-refractivity contribution in [3.63, 3.8) is 0 Å². The van der Waals surface area contributed by atoms with Crippen LogP contribution in [-0.2, 0) is 0 Å². The van der Waals surface area contributed by atoms with Gasteiger partial charge in [0.05, 0.1) is 5.69 Å². The number of hydrogen-bond donors (Lipinski definition) is 1. The Bertz CT molecular complexity index is 470. The summed E-state index contributed by atoms with van der Waals surface area (Å²) in [5.74, 6) is 0. The highest BCUT2D eigenvalue weighted by molar-refractivity contribution is 7.10. The third-order valence-corrected chi connectivity index (χ3v) is 2.77. The van der Waals surface area contributed by atoms with E-state index in [0.717, 1.165) is 11.3 Å². The second-order valence-corrected chi connectivity index (χ2v) is 3.95. The molecule has 0 bridgehead atoms. The number of thiophene rings is 1. The number of aryl methyl sites for hydroxylation is 1. The molecule has 13 heavy (non-hydrogen) atoms. The topological polar surface area (TPSA) is 32.9 Å². The first-order valence-electron chi connectivity index (χ1n) is 4.00. The minimum Gasteiger partial charge on any atom is -0.361 e. The lowest BCUT2D eigenvalue weighted by Crippen LogP contribution is -1.97. The molecule has 0 aliphatic carbocycles. The quantitative estimate of drug-likeness (QED) is 0.737. The fourth-order valence-electron chi connectivity index (χ4n) is 1.27. The maximum atomic E-state index is 11.1. The molecule has 2 aromatic rings. The molecule has 0 radical (unpaired) electrons. The van der Waals surface area contributed by atoms with Gasteiger partial charge in [-0.25, -0.2) is 0 Å².